The number of aromatic nitrogens is 1. The lowest BCUT2D eigenvalue weighted by Gasteiger charge is -1.86. The minimum atomic E-state index is 0.397. The monoisotopic (exact) mass is 128 g/mol. The Kier molecular flexibility index (Phi) is 1.63. The van der Waals surface area contributed by atoms with Gasteiger partial charge in [0.25, 0.3) is 0 Å². The maximum Gasteiger partial charge on any atom is 0.224 e. The molecule has 0 radical (unpaired) electrons. The van der Waals surface area contributed by atoms with Crippen molar-refractivity contribution in [2.24, 2.45) is 0 Å². The normalized spacial score (nSPS) is 10.4. The lowest BCUT2D eigenvalue weighted by atomic mass is 10.7. The van der Waals surface area contributed by atoms with Crippen LogP contribution in [0, 0.1) is 0 Å². The summed E-state index contributed by atoms with van der Waals surface area (Å²) in [6.45, 7) is 0. The topological polar surface area (TPSA) is 15.8 Å². The fourth-order valence-electron chi connectivity index (χ4n) is 0.568. The summed E-state index contributed by atoms with van der Waals surface area (Å²) in [7, 11) is 0.397. The van der Waals surface area contributed by atoms with Gasteiger partial charge in [0.15, 0.2) is 0 Å². The highest BCUT2D eigenvalue weighted by Crippen LogP contribution is 2.02. The molecule has 0 spiro atoms. The SMILES string of the molecule is C[S+](C)c1ccc[nH]1. The zero-order chi connectivity index (χ0) is 5.98. The molecule has 1 aromatic rings. The third-order valence-corrected chi connectivity index (χ3v) is 2.14. The fourth-order valence-corrected chi connectivity index (χ4v) is 1.22. The molecule has 0 saturated heterocycles. The van der Waals surface area contributed by atoms with Crippen LogP contribution in [-0.2, 0) is 10.9 Å². The van der Waals surface area contributed by atoms with E-state index in [1.165, 1.54) is 5.03 Å². The van der Waals surface area contributed by atoms with Gasteiger partial charge in [-0.2, -0.15) is 0 Å². The molecule has 0 aromatic carbocycles. The van der Waals surface area contributed by atoms with E-state index in [-0.39, 0.29) is 0 Å². The summed E-state index contributed by atoms with van der Waals surface area (Å²) in [5.74, 6) is 0. The van der Waals surface area contributed by atoms with Crippen molar-refractivity contribution in [1.29, 1.82) is 0 Å². The van der Waals surface area contributed by atoms with Crippen LogP contribution in [0.15, 0.2) is 23.4 Å². The quantitative estimate of drug-likeness (QED) is 0.548. The Labute approximate surface area is 52.5 Å². The molecule has 0 bridgehead atoms. The molecule has 0 aliphatic rings. The largest absolute Gasteiger partial charge is 0.323 e. The van der Waals surface area contributed by atoms with Crippen molar-refractivity contribution in [1.82, 2.24) is 4.98 Å². The predicted molar refractivity (Wildman–Crippen MR) is 38.3 cm³/mol. The van der Waals surface area contributed by atoms with Crippen molar-refractivity contribution >= 4 is 10.9 Å². The zero-order valence-electron chi connectivity index (χ0n) is 5.14. The molecule has 1 nitrogen and oxygen atoms in total. The van der Waals surface area contributed by atoms with E-state index in [4.69, 9.17) is 0 Å². The molecule has 0 atom stereocenters. The standard InChI is InChI=1S/C6H10NS/c1-8(2)6-4-3-5-7-6/h3-5,7H,1-2H3/q+1. The maximum atomic E-state index is 3.15. The minimum Gasteiger partial charge on any atom is -0.323 e. The summed E-state index contributed by atoms with van der Waals surface area (Å²) in [6, 6.07) is 4.14. The molecule has 0 unspecified atom stereocenters. The molecule has 0 saturated carbocycles. The van der Waals surface area contributed by atoms with Crippen LogP contribution in [0.5, 0.6) is 0 Å². The number of hydrogen-bond donors (Lipinski definition) is 1. The maximum absolute atomic E-state index is 3.15. The van der Waals surface area contributed by atoms with Gasteiger partial charge in [0, 0.05) is 23.2 Å². The van der Waals surface area contributed by atoms with Crippen LogP contribution in [0.1, 0.15) is 0 Å². The van der Waals surface area contributed by atoms with Crippen LogP contribution < -0.4 is 0 Å². The molecule has 1 heterocycles. The zero-order valence-corrected chi connectivity index (χ0v) is 5.96. The lowest BCUT2D eigenvalue weighted by Crippen LogP contribution is -1.94. The highest BCUT2D eigenvalue weighted by Gasteiger charge is 2.05. The molecule has 0 aliphatic carbocycles. The molecule has 1 aromatic heterocycles. The summed E-state index contributed by atoms with van der Waals surface area (Å²) in [5.41, 5.74) is 0. The van der Waals surface area contributed by atoms with Gasteiger partial charge in [-0.05, 0) is 6.07 Å². The van der Waals surface area contributed by atoms with Gasteiger partial charge in [0.1, 0.15) is 12.5 Å². The van der Waals surface area contributed by atoms with Gasteiger partial charge in [-0.1, -0.05) is 0 Å². The summed E-state index contributed by atoms with van der Waals surface area (Å²) in [6.07, 6.45) is 6.36. The number of H-pyrrole nitrogens is 1. The highest BCUT2D eigenvalue weighted by atomic mass is 32.2. The average Bonchev–Trinajstić information content (AvgIpc) is 2.12. The van der Waals surface area contributed by atoms with E-state index < -0.39 is 0 Å². The number of rotatable bonds is 1. The van der Waals surface area contributed by atoms with E-state index in [0.29, 0.717) is 10.9 Å². The van der Waals surface area contributed by atoms with E-state index in [1.54, 1.807) is 0 Å². The highest BCUT2D eigenvalue weighted by molar-refractivity contribution is 7.95. The van der Waals surface area contributed by atoms with Gasteiger partial charge in [0.05, 0.1) is 0 Å². The first-order chi connectivity index (χ1) is 3.80. The molecule has 2 heteroatoms. The van der Waals surface area contributed by atoms with Crippen molar-refractivity contribution in [2.45, 2.75) is 5.03 Å². The summed E-state index contributed by atoms with van der Waals surface area (Å²) < 4.78 is 0. The van der Waals surface area contributed by atoms with Crippen molar-refractivity contribution in [3.8, 4) is 0 Å². The molecular formula is C6H10NS+. The molecule has 8 heavy (non-hydrogen) atoms. The second kappa shape index (κ2) is 2.27. The van der Waals surface area contributed by atoms with E-state index in [2.05, 4.69) is 23.6 Å². The van der Waals surface area contributed by atoms with E-state index in [0.717, 1.165) is 0 Å². The number of aromatic amines is 1. The molecule has 44 valence electrons. The fraction of sp³-hybridized carbons (Fsp3) is 0.333. The molecule has 1 N–H and O–H groups in total. The molecule has 1 rings (SSSR count). The van der Waals surface area contributed by atoms with Gasteiger partial charge in [-0.15, -0.1) is 0 Å². The van der Waals surface area contributed by atoms with Crippen LogP contribution in [0.3, 0.4) is 0 Å². The Hall–Kier alpha value is -0.370. The first kappa shape index (κ1) is 5.76. The van der Waals surface area contributed by atoms with Crippen LogP contribution in [0.25, 0.3) is 0 Å². The van der Waals surface area contributed by atoms with E-state index in [9.17, 15) is 0 Å². The second-order valence-electron chi connectivity index (χ2n) is 1.85. The number of nitrogens with one attached hydrogen (secondary N) is 1. The Bertz CT molecular complexity index is 144. The van der Waals surface area contributed by atoms with Crippen LogP contribution >= 0.6 is 0 Å². The summed E-state index contributed by atoms with van der Waals surface area (Å²) in [4.78, 5) is 3.15. The van der Waals surface area contributed by atoms with Crippen molar-refractivity contribution in [2.75, 3.05) is 12.5 Å². The number of hydrogen-bond acceptors (Lipinski definition) is 0. The Morgan fingerprint density at radius 1 is 1.50 bits per heavy atom. The Morgan fingerprint density at radius 2 is 2.25 bits per heavy atom. The lowest BCUT2D eigenvalue weighted by molar-refractivity contribution is 1.20. The molecule has 0 fully saturated rings. The first-order valence-corrected chi connectivity index (χ1v) is 4.56. The van der Waals surface area contributed by atoms with Crippen LogP contribution in [-0.4, -0.2) is 17.5 Å². The second-order valence-corrected chi connectivity index (χ2v) is 3.92. The summed E-state index contributed by atoms with van der Waals surface area (Å²) in [5, 5.41) is 1.34. The van der Waals surface area contributed by atoms with Gasteiger partial charge in [-0.25, -0.2) is 0 Å². The van der Waals surface area contributed by atoms with E-state index >= 15 is 0 Å². The van der Waals surface area contributed by atoms with Crippen molar-refractivity contribution < 1.29 is 0 Å². The van der Waals surface area contributed by atoms with Crippen molar-refractivity contribution in [3.05, 3.63) is 18.3 Å². The van der Waals surface area contributed by atoms with Crippen molar-refractivity contribution in [3.63, 3.8) is 0 Å². The minimum absolute atomic E-state index is 0.397. The molecule has 0 aliphatic heterocycles. The third-order valence-electron chi connectivity index (χ3n) is 1.01. The smallest absolute Gasteiger partial charge is 0.224 e. The van der Waals surface area contributed by atoms with Gasteiger partial charge < -0.3 is 4.98 Å². The Morgan fingerprint density at radius 3 is 2.50 bits per heavy atom. The predicted octanol–water partition coefficient (Wildman–Crippen LogP) is 1.25. The van der Waals surface area contributed by atoms with Crippen LogP contribution in [0.4, 0.5) is 0 Å². The van der Waals surface area contributed by atoms with Crippen LogP contribution in [0.2, 0.25) is 0 Å². The van der Waals surface area contributed by atoms with Gasteiger partial charge >= 0.3 is 0 Å². The van der Waals surface area contributed by atoms with E-state index in [1.807, 2.05) is 12.3 Å². The third kappa shape index (κ3) is 1.07. The Balaban J connectivity index is 2.77. The van der Waals surface area contributed by atoms with Gasteiger partial charge in [-0.3, -0.25) is 0 Å². The molecular weight excluding hydrogens is 118 g/mol. The average molecular weight is 128 g/mol. The van der Waals surface area contributed by atoms with Gasteiger partial charge in [0.2, 0.25) is 5.03 Å². The summed E-state index contributed by atoms with van der Waals surface area (Å²) >= 11 is 0. The molecule has 0 amide bonds. The first-order valence-electron chi connectivity index (χ1n) is 2.51.